The van der Waals surface area contributed by atoms with Crippen LogP contribution in [0.2, 0.25) is 5.02 Å². The topological polar surface area (TPSA) is 101 Å². The molecule has 0 radical (unpaired) electrons. The first-order valence-electron chi connectivity index (χ1n) is 6.64. The van der Waals surface area contributed by atoms with Gasteiger partial charge in [-0.05, 0) is 37.5 Å². The number of nitrogen functional groups attached to an aromatic ring is 1. The van der Waals surface area contributed by atoms with E-state index in [0.717, 1.165) is 12.8 Å². The van der Waals surface area contributed by atoms with E-state index in [1.165, 1.54) is 12.1 Å². The van der Waals surface area contributed by atoms with E-state index in [9.17, 15) is 13.2 Å². The third-order valence-corrected chi connectivity index (χ3v) is 5.11. The summed E-state index contributed by atoms with van der Waals surface area (Å²) in [6.07, 6.45) is 2.11. The molecule has 1 aromatic rings. The largest absolute Gasteiger partial charge is 0.397 e. The molecule has 0 unspecified atom stereocenters. The van der Waals surface area contributed by atoms with Crippen LogP contribution in [0, 0.1) is 6.92 Å². The minimum atomic E-state index is -3.70. The first-order valence-corrected chi connectivity index (χ1v) is 8.50. The number of rotatable bonds is 6. The van der Waals surface area contributed by atoms with Gasteiger partial charge in [-0.25, -0.2) is 13.1 Å². The molecule has 0 bridgehead atoms. The van der Waals surface area contributed by atoms with Crippen LogP contribution in [0.1, 0.15) is 24.8 Å². The Bertz CT molecular complexity index is 634. The Balaban J connectivity index is 1.96. The predicted molar refractivity (Wildman–Crippen MR) is 81.6 cm³/mol. The van der Waals surface area contributed by atoms with Gasteiger partial charge in [-0.1, -0.05) is 11.6 Å². The highest BCUT2D eigenvalue weighted by Crippen LogP contribution is 2.26. The highest BCUT2D eigenvalue weighted by atomic mass is 35.5. The summed E-state index contributed by atoms with van der Waals surface area (Å²) in [6, 6.07) is 3.03. The molecular formula is C13H18ClN3O3S. The molecule has 1 fully saturated rings. The van der Waals surface area contributed by atoms with E-state index >= 15 is 0 Å². The Labute approximate surface area is 129 Å². The fourth-order valence-electron chi connectivity index (χ4n) is 1.83. The normalized spacial score (nSPS) is 15.0. The molecule has 0 aliphatic heterocycles. The summed E-state index contributed by atoms with van der Waals surface area (Å²) in [7, 11) is -3.70. The van der Waals surface area contributed by atoms with Crippen LogP contribution >= 0.6 is 11.6 Å². The molecule has 1 amide bonds. The number of carbonyl (C=O) groups excluding carboxylic acids is 1. The number of amides is 1. The van der Waals surface area contributed by atoms with E-state index in [2.05, 4.69) is 10.0 Å². The van der Waals surface area contributed by atoms with Gasteiger partial charge in [-0.2, -0.15) is 0 Å². The predicted octanol–water partition coefficient (Wildman–Crippen LogP) is 1.18. The van der Waals surface area contributed by atoms with Crippen LogP contribution in [0.3, 0.4) is 0 Å². The fraction of sp³-hybridized carbons (Fsp3) is 0.462. The molecule has 2 rings (SSSR count). The minimum absolute atomic E-state index is 0.0441. The summed E-state index contributed by atoms with van der Waals surface area (Å²) in [4.78, 5) is 11.5. The molecule has 4 N–H and O–H groups in total. The van der Waals surface area contributed by atoms with E-state index < -0.39 is 10.0 Å². The van der Waals surface area contributed by atoms with Gasteiger partial charge in [0.1, 0.15) is 0 Å². The van der Waals surface area contributed by atoms with Gasteiger partial charge in [-0.3, -0.25) is 4.79 Å². The second-order valence-corrected chi connectivity index (χ2v) is 7.28. The van der Waals surface area contributed by atoms with Crippen molar-refractivity contribution in [2.24, 2.45) is 0 Å². The SMILES string of the molecule is Cc1cc(S(=O)(=O)NCCC(=O)NC2CC2)cc(N)c1Cl. The zero-order valence-corrected chi connectivity index (χ0v) is 13.2. The van der Waals surface area contributed by atoms with Gasteiger partial charge in [0.25, 0.3) is 0 Å². The van der Waals surface area contributed by atoms with Crippen LogP contribution < -0.4 is 15.8 Å². The van der Waals surface area contributed by atoms with Gasteiger partial charge in [0.05, 0.1) is 15.6 Å². The molecule has 0 saturated heterocycles. The van der Waals surface area contributed by atoms with E-state index in [4.69, 9.17) is 17.3 Å². The van der Waals surface area contributed by atoms with Crippen LogP contribution in [0.25, 0.3) is 0 Å². The monoisotopic (exact) mass is 331 g/mol. The molecule has 1 saturated carbocycles. The first-order chi connectivity index (χ1) is 9.79. The van der Waals surface area contributed by atoms with Crippen LogP contribution in [0.4, 0.5) is 5.69 Å². The molecular weight excluding hydrogens is 314 g/mol. The first kappa shape index (κ1) is 16.1. The van der Waals surface area contributed by atoms with Crippen molar-refractivity contribution >= 4 is 33.2 Å². The second-order valence-electron chi connectivity index (χ2n) is 5.13. The van der Waals surface area contributed by atoms with Crippen LogP contribution in [0.15, 0.2) is 17.0 Å². The Hall–Kier alpha value is -1.31. The average Bonchev–Trinajstić information content (AvgIpc) is 3.18. The quantitative estimate of drug-likeness (QED) is 0.681. The Kier molecular flexibility index (Phi) is 4.75. The number of hydrogen-bond donors (Lipinski definition) is 3. The Morgan fingerprint density at radius 3 is 2.67 bits per heavy atom. The lowest BCUT2D eigenvalue weighted by Crippen LogP contribution is -2.31. The Morgan fingerprint density at radius 1 is 1.43 bits per heavy atom. The van der Waals surface area contributed by atoms with Crippen molar-refractivity contribution in [3.63, 3.8) is 0 Å². The lowest BCUT2D eigenvalue weighted by atomic mass is 10.2. The van der Waals surface area contributed by atoms with Crippen molar-refractivity contribution in [3.05, 3.63) is 22.7 Å². The molecule has 116 valence electrons. The maximum Gasteiger partial charge on any atom is 0.240 e. The lowest BCUT2D eigenvalue weighted by molar-refractivity contribution is -0.121. The molecule has 1 aliphatic rings. The van der Waals surface area contributed by atoms with Crippen LogP contribution in [-0.4, -0.2) is 26.9 Å². The third-order valence-electron chi connectivity index (χ3n) is 3.15. The highest BCUT2D eigenvalue weighted by Gasteiger charge is 2.23. The summed E-state index contributed by atoms with van der Waals surface area (Å²) < 4.78 is 26.6. The number of halogens is 1. The molecule has 8 heteroatoms. The van der Waals surface area contributed by atoms with E-state index in [1.54, 1.807) is 6.92 Å². The smallest absolute Gasteiger partial charge is 0.240 e. The van der Waals surface area contributed by atoms with Gasteiger partial charge in [0.15, 0.2) is 0 Å². The van der Waals surface area contributed by atoms with Crippen molar-refractivity contribution < 1.29 is 13.2 Å². The van der Waals surface area contributed by atoms with Crippen molar-refractivity contribution in [2.75, 3.05) is 12.3 Å². The van der Waals surface area contributed by atoms with Gasteiger partial charge < -0.3 is 11.1 Å². The van der Waals surface area contributed by atoms with Crippen molar-refractivity contribution in [3.8, 4) is 0 Å². The molecule has 0 spiro atoms. The summed E-state index contributed by atoms with van der Waals surface area (Å²) in [5.74, 6) is -0.146. The molecule has 0 heterocycles. The van der Waals surface area contributed by atoms with Crippen molar-refractivity contribution in [2.45, 2.75) is 37.1 Å². The average molecular weight is 332 g/mol. The number of nitrogens with two attached hydrogens (primary N) is 1. The lowest BCUT2D eigenvalue weighted by Gasteiger charge is -2.10. The van der Waals surface area contributed by atoms with Gasteiger partial charge in [-0.15, -0.1) is 0 Å². The van der Waals surface area contributed by atoms with E-state index in [1.807, 2.05) is 0 Å². The fourth-order valence-corrected chi connectivity index (χ4v) is 3.09. The molecule has 6 nitrogen and oxygen atoms in total. The number of aryl methyl sites for hydroxylation is 1. The third kappa shape index (κ3) is 4.33. The summed E-state index contributed by atoms with van der Waals surface area (Å²) in [6.45, 7) is 1.73. The summed E-state index contributed by atoms with van der Waals surface area (Å²) in [5, 5.41) is 3.14. The van der Waals surface area contributed by atoms with Crippen molar-refractivity contribution in [1.82, 2.24) is 10.0 Å². The zero-order valence-electron chi connectivity index (χ0n) is 11.6. The van der Waals surface area contributed by atoms with Gasteiger partial charge >= 0.3 is 0 Å². The summed E-state index contributed by atoms with van der Waals surface area (Å²) >= 11 is 5.91. The van der Waals surface area contributed by atoms with Crippen LogP contribution in [0.5, 0.6) is 0 Å². The van der Waals surface area contributed by atoms with Gasteiger partial charge in [0, 0.05) is 19.0 Å². The number of carbonyl (C=O) groups is 1. The van der Waals surface area contributed by atoms with E-state index in [-0.39, 0.29) is 35.5 Å². The second kappa shape index (κ2) is 6.21. The Morgan fingerprint density at radius 2 is 2.10 bits per heavy atom. The highest BCUT2D eigenvalue weighted by molar-refractivity contribution is 7.89. The van der Waals surface area contributed by atoms with E-state index in [0.29, 0.717) is 10.6 Å². The number of benzene rings is 1. The number of anilines is 1. The maximum atomic E-state index is 12.1. The molecule has 1 aliphatic carbocycles. The number of hydrogen-bond acceptors (Lipinski definition) is 4. The van der Waals surface area contributed by atoms with Crippen LogP contribution in [-0.2, 0) is 14.8 Å². The maximum absolute atomic E-state index is 12.1. The number of sulfonamides is 1. The minimum Gasteiger partial charge on any atom is -0.397 e. The van der Waals surface area contributed by atoms with Gasteiger partial charge in [0.2, 0.25) is 15.9 Å². The number of nitrogens with one attached hydrogen (secondary N) is 2. The molecule has 0 aromatic heterocycles. The zero-order chi connectivity index (χ0) is 15.6. The molecule has 0 atom stereocenters. The molecule has 21 heavy (non-hydrogen) atoms. The molecule has 1 aromatic carbocycles. The standard InChI is InChI=1S/C13H18ClN3O3S/c1-8-6-10(7-11(15)13(8)14)21(19,20)16-5-4-12(18)17-9-2-3-9/h6-7,9,16H,2-5,15H2,1H3,(H,17,18). The summed E-state index contributed by atoms with van der Waals surface area (Å²) in [5.41, 5.74) is 6.47. The van der Waals surface area contributed by atoms with Crippen molar-refractivity contribution in [1.29, 1.82) is 0 Å².